The van der Waals surface area contributed by atoms with E-state index in [-0.39, 0.29) is 5.54 Å². The van der Waals surface area contributed by atoms with Gasteiger partial charge in [0.1, 0.15) is 11.5 Å². The number of aryl methyl sites for hydroxylation is 1. The Balaban J connectivity index is 2.31. The van der Waals surface area contributed by atoms with E-state index in [4.69, 9.17) is 10.5 Å². The number of phenolic OH excluding ortho intramolecular Hbond substituents is 1. The summed E-state index contributed by atoms with van der Waals surface area (Å²) in [6.07, 6.45) is 2.90. The highest BCUT2D eigenvalue weighted by molar-refractivity contribution is 5.46. The van der Waals surface area contributed by atoms with Crippen LogP contribution in [0.15, 0.2) is 12.1 Å². The molecular formula is C12H17NO2. The molecule has 0 aromatic heterocycles. The molecule has 0 radical (unpaired) electrons. The first kappa shape index (κ1) is 10.3. The molecule has 0 atom stereocenters. The van der Waals surface area contributed by atoms with E-state index >= 15 is 0 Å². The van der Waals surface area contributed by atoms with Gasteiger partial charge in [0.05, 0.1) is 7.11 Å². The molecular weight excluding hydrogens is 190 g/mol. The van der Waals surface area contributed by atoms with Crippen LogP contribution in [-0.2, 0) is 6.42 Å². The third-order valence-corrected chi connectivity index (χ3v) is 3.03. The number of benzene rings is 1. The minimum Gasteiger partial charge on any atom is -0.508 e. The van der Waals surface area contributed by atoms with Crippen LogP contribution in [0.25, 0.3) is 0 Å². The van der Waals surface area contributed by atoms with E-state index in [1.807, 2.05) is 13.0 Å². The highest BCUT2D eigenvalue weighted by Crippen LogP contribution is 2.39. The predicted molar refractivity (Wildman–Crippen MR) is 59.3 cm³/mol. The van der Waals surface area contributed by atoms with Crippen molar-refractivity contribution in [3.05, 3.63) is 23.3 Å². The molecule has 1 fully saturated rings. The second-order valence-electron chi connectivity index (χ2n) is 4.49. The normalized spacial score (nSPS) is 17.5. The van der Waals surface area contributed by atoms with E-state index in [9.17, 15) is 5.11 Å². The van der Waals surface area contributed by atoms with Crippen LogP contribution in [0.1, 0.15) is 24.0 Å². The Morgan fingerprint density at radius 1 is 1.47 bits per heavy atom. The molecule has 82 valence electrons. The maximum atomic E-state index is 9.64. The Kier molecular flexibility index (Phi) is 2.35. The Hall–Kier alpha value is -1.22. The third kappa shape index (κ3) is 2.07. The highest BCUT2D eigenvalue weighted by Gasteiger charge is 2.38. The average molecular weight is 207 g/mol. The summed E-state index contributed by atoms with van der Waals surface area (Å²) in [6, 6.07) is 3.62. The van der Waals surface area contributed by atoms with Gasteiger partial charge in [0, 0.05) is 5.54 Å². The fourth-order valence-corrected chi connectivity index (χ4v) is 1.76. The van der Waals surface area contributed by atoms with Crippen LogP contribution in [0.3, 0.4) is 0 Å². The van der Waals surface area contributed by atoms with Crippen molar-refractivity contribution >= 4 is 0 Å². The molecule has 1 aromatic carbocycles. The molecule has 0 spiro atoms. The smallest absolute Gasteiger partial charge is 0.122 e. The van der Waals surface area contributed by atoms with Gasteiger partial charge in [0.25, 0.3) is 0 Å². The fraction of sp³-hybridized carbons (Fsp3) is 0.500. The van der Waals surface area contributed by atoms with Crippen LogP contribution >= 0.6 is 0 Å². The number of aromatic hydroxyl groups is 1. The summed E-state index contributed by atoms with van der Waals surface area (Å²) >= 11 is 0. The van der Waals surface area contributed by atoms with E-state index in [1.54, 1.807) is 13.2 Å². The molecule has 0 bridgehead atoms. The van der Waals surface area contributed by atoms with Gasteiger partial charge in [-0.1, -0.05) is 0 Å². The number of ether oxygens (including phenoxy) is 1. The van der Waals surface area contributed by atoms with Crippen molar-refractivity contribution in [2.75, 3.05) is 7.11 Å². The van der Waals surface area contributed by atoms with Crippen molar-refractivity contribution in [1.29, 1.82) is 0 Å². The van der Waals surface area contributed by atoms with Gasteiger partial charge in [-0.15, -0.1) is 0 Å². The van der Waals surface area contributed by atoms with Crippen LogP contribution in [0.5, 0.6) is 11.5 Å². The Labute approximate surface area is 89.9 Å². The van der Waals surface area contributed by atoms with Gasteiger partial charge in [-0.2, -0.15) is 0 Å². The zero-order chi connectivity index (χ0) is 11.1. The first-order valence-electron chi connectivity index (χ1n) is 5.19. The van der Waals surface area contributed by atoms with Crippen molar-refractivity contribution in [3.8, 4) is 11.5 Å². The maximum absolute atomic E-state index is 9.64. The van der Waals surface area contributed by atoms with Gasteiger partial charge < -0.3 is 15.6 Å². The fourth-order valence-electron chi connectivity index (χ4n) is 1.76. The third-order valence-electron chi connectivity index (χ3n) is 3.03. The molecule has 3 N–H and O–H groups in total. The molecule has 0 saturated heterocycles. The van der Waals surface area contributed by atoms with Gasteiger partial charge in [0.15, 0.2) is 0 Å². The van der Waals surface area contributed by atoms with Crippen LogP contribution in [0, 0.1) is 6.92 Å². The molecule has 3 heteroatoms. The van der Waals surface area contributed by atoms with E-state index in [0.717, 1.165) is 36.1 Å². The number of rotatable bonds is 3. The zero-order valence-electron chi connectivity index (χ0n) is 9.21. The summed E-state index contributed by atoms with van der Waals surface area (Å²) in [4.78, 5) is 0. The van der Waals surface area contributed by atoms with Gasteiger partial charge in [0.2, 0.25) is 0 Å². The monoisotopic (exact) mass is 207 g/mol. The molecule has 0 amide bonds. The van der Waals surface area contributed by atoms with E-state index < -0.39 is 0 Å². The molecule has 0 aliphatic heterocycles. The van der Waals surface area contributed by atoms with E-state index in [0.29, 0.717) is 5.75 Å². The van der Waals surface area contributed by atoms with Gasteiger partial charge in [-0.05, 0) is 49.4 Å². The Morgan fingerprint density at radius 2 is 2.13 bits per heavy atom. The van der Waals surface area contributed by atoms with Gasteiger partial charge in [-0.25, -0.2) is 0 Å². The predicted octanol–water partition coefficient (Wildman–Crippen LogP) is 1.74. The quantitative estimate of drug-likeness (QED) is 0.793. The zero-order valence-corrected chi connectivity index (χ0v) is 9.21. The summed E-state index contributed by atoms with van der Waals surface area (Å²) in [5.74, 6) is 1.14. The van der Waals surface area contributed by atoms with Crippen molar-refractivity contribution in [1.82, 2.24) is 0 Å². The minimum absolute atomic E-state index is 0.0605. The van der Waals surface area contributed by atoms with Crippen LogP contribution in [0.2, 0.25) is 0 Å². The number of nitrogens with two attached hydrogens (primary N) is 1. The SMILES string of the molecule is COc1cc(C)c(O)cc1CC1(N)CC1. The van der Waals surface area contributed by atoms with Crippen LogP contribution < -0.4 is 10.5 Å². The van der Waals surface area contributed by atoms with Crippen molar-refractivity contribution in [2.45, 2.75) is 31.7 Å². The van der Waals surface area contributed by atoms with Crippen molar-refractivity contribution in [2.24, 2.45) is 5.73 Å². The first-order chi connectivity index (χ1) is 7.04. The molecule has 2 rings (SSSR count). The summed E-state index contributed by atoms with van der Waals surface area (Å²) in [5, 5.41) is 9.64. The summed E-state index contributed by atoms with van der Waals surface area (Å²) in [6.45, 7) is 1.86. The van der Waals surface area contributed by atoms with Gasteiger partial charge >= 0.3 is 0 Å². The molecule has 1 aliphatic carbocycles. The lowest BCUT2D eigenvalue weighted by molar-refractivity contribution is 0.403. The van der Waals surface area contributed by atoms with Crippen molar-refractivity contribution in [3.63, 3.8) is 0 Å². The number of hydrogen-bond acceptors (Lipinski definition) is 3. The lowest BCUT2D eigenvalue weighted by atomic mass is 10.0. The number of methoxy groups -OCH3 is 1. The average Bonchev–Trinajstić information content (AvgIpc) is 2.89. The summed E-state index contributed by atoms with van der Waals surface area (Å²) in [7, 11) is 1.64. The minimum atomic E-state index is -0.0605. The summed E-state index contributed by atoms with van der Waals surface area (Å²) < 4.78 is 5.29. The Morgan fingerprint density at radius 3 is 2.67 bits per heavy atom. The van der Waals surface area contributed by atoms with E-state index in [2.05, 4.69) is 0 Å². The largest absolute Gasteiger partial charge is 0.508 e. The molecule has 15 heavy (non-hydrogen) atoms. The Bertz CT molecular complexity index is 383. The topological polar surface area (TPSA) is 55.5 Å². The first-order valence-corrected chi connectivity index (χ1v) is 5.19. The molecule has 1 saturated carbocycles. The lowest BCUT2D eigenvalue weighted by Crippen LogP contribution is -2.24. The van der Waals surface area contributed by atoms with Crippen LogP contribution in [0.4, 0.5) is 0 Å². The lowest BCUT2D eigenvalue weighted by Gasteiger charge is -2.14. The molecule has 3 nitrogen and oxygen atoms in total. The maximum Gasteiger partial charge on any atom is 0.122 e. The molecule has 0 heterocycles. The molecule has 1 aliphatic rings. The van der Waals surface area contributed by atoms with Crippen LogP contribution in [-0.4, -0.2) is 17.8 Å². The van der Waals surface area contributed by atoms with Gasteiger partial charge in [-0.3, -0.25) is 0 Å². The standard InChI is InChI=1S/C12H17NO2/c1-8-5-11(15-2)9(6-10(8)14)7-12(13)3-4-12/h5-6,14H,3-4,7,13H2,1-2H3. The number of hydrogen-bond donors (Lipinski definition) is 2. The molecule has 1 aromatic rings. The second-order valence-corrected chi connectivity index (χ2v) is 4.49. The highest BCUT2D eigenvalue weighted by atomic mass is 16.5. The summed E-state index contributed by atoms with van der Waals surface area (Å²) in [5.41, 5.74) is 7.82. The van der Waals surface area contributed by atoms with E-state index in [1.165, 1.54) is 0 Å². The number of phenols is 1. The second kappa shape index (κ2) is 3.42. The molecule has 0 unspecified atom stereocenters. The van der Waals surface area contributed by atoms with Crippen molar-refractivity contribution < 1.29 is 9.84 Å².